The normalized spacial score (nSPS) is 10.4. The zero-order valence-corrected chi connectivity index (χ0v) is 18.9. The SMILES string of the molecule is COc1ccc(C(=O)Nc2cccc(CN(CCCN)C(=O)c3ccc(OC)cc3)c2)cc1. The van der Waals surface area contributed by atoms with E-state index in [0.717, 1.165) is 5.56 Å². The molecule has 172 valence electrons. The highest BCUT2D eigenvalue weighted by Crippen LogP contribution is 2.18. The second-order valence-corrected chi connectivity index (χ2v) is 7.48. The van der Waals surface area contributed by atoms with Gasteiger partial charge in [-0.05, 0) is 79.2 Å². The molecule has 2 amide bonds. The quantitative estimate of drug-likeness (QED) is 0.491. The molecule has 0 atom stereocenters. The van der Waals surface area contributed by atoms with Crippen LogP contribution in [0.5, 0.6) is 11.5 Å². The molecule has 0 aromatic heterocycles. The molecule has 0 heterocycles. The van der Waals surface area contributed by atoms with E-state index in [0.29, 0.717) is 54.4 Å². The number of benzene rings is 3. The number of rotatable bonds is 10. The summed E-state index contributed by atoms with van der Waals surface area (Å²) in [7, 11) is 3.17. The molecule has 7 heteroatoms. The maximum Gasteiger partial charge on any atom is 0.255 e. The van der Waals surface area contributed by atoms with Crippen LogP contribution in [-0.4, -0.2) is 44.0 Å². The van der Waals surface area contributed by atoms with E-state index in [1.165, 1.54) is 0 Å². The second-order valence-electron chi connectivity index (χ2n) is 7.48. The number of hydrogen-bond acceptors (Lipinski definition) is 5. The van der Waals surface area contributed by atoms with Crippen molar-refractivity contribution in [3.05, 3.63) is 89.5 Å². The van der Waals surface area contributed by atoms with Crippen molar-refractivity contribution in [3.8, 4) is 11.5 Å². The molecular weight excluding hydrogens is 418 g/mol. The van der Waals surface area contributed by atoms with Crippen LogP contribution in [0.2, 0.25) is 0 Å². The van der Waals surface area contributed by atoms with Gasteiger partial charge in [-0.25, -0.2) is 0 Å². The van der Waals surface area contributed by atoms with Gasteiger partial charge in [0.2, 0.25) is 0 Å². The van der Waals surface area contributed by atoms with Crippen molar-refractivity contribution in [2.24, 2.45) is 5.73 Å². The first-order chi connectivity index (χ1) is 16.0. The predicted octanol–water partition coefficient (Wildman–Crippen LogP) is 3.95. The summed E-state index contributed by atoms with van der Waals surface area (Å²) in [6, 6.07) is 21.4. The van der Waals surface area contributed by atoms with Gasteiger partial charge in [0.05, 0.1) is 14.2 Å². The highest BCUT2D eigenvalue weighted by Gasteiger charge is 2.16. The number of anilines is 1. The smallest absolute Gasteiger partial charge is 0.255 e. The standard InChI is InChI=1S/C26H29N3O4/c1-32-23-11-7-20(8-12-23)25(30)28-22-6-3-5-19(17-22)18-29(16-4-15-27)26(31)21-9-13-24(33-2)14-10-21/h3,5-14,17H,4,15-16,18,27H2,1-2H3,(H,28,30). The minimum absolute atomic E-state index is 0.0845. The maximum absolute atomic E-state index is 13.1. The van der Waals surface area contributed by atoms with Crippen molar-refractivity contribution in [3.63, 3.8) is 0 Å². The Bertz CT molecular complexity index is 1070. The van der Waals surface area contributed by atoms with Crippen LogP contribution >= 0.6 is 0 Å². The van der Waals surface area contributed by atoms with Crippen molar-refractivity contribution in [2.45, 2.75) is 13.0 Å². The largest absolute Gasteiger partial charge is 0.497 e. The molecule has 3 rings (SSSR count). The van der Waals surface area contributed by atoms with Gasteiger partial charge in [0.15, 0.2) is 0 Å². The molecule has 0 bridgehead atoms. The number of methoxy groups -OCH3 is 2. The summed E-state index contributed by atoms with van der Waals surface area (Å²) < 4.78 is 10.3. The zero-order chi connectivity index (χ0) is 23.6. The van der Waals surface area contributed by atoms with E-state index in [1.54, 1.807) is 67.7 Å². The fourth-order valence-electron chi connectivity index (χ4n) is 3.36. The fraction of sp³-hybridized carbons (Fsp3) is 0.231. The van der Waals surface area contributed by atoms with Crippen molar-refractivity contribution < 1.29 is 19.1 Å². The molecule has 3 N–H and O–H groups in total. The molecule has 0 fully saturated rings. The number of carbonyl (C=O) groups is 2. The molecular formula is C26H29N3O4. The van der Waals surface area contributed by atoms with Crippen LogP contribution in [0.25, 0.3) is 0 Å². The van der Waals surface area contributed by atoms with Crippen LogP contribution in [0.3, 0.4) is 0 Å². The fourth-order valence-corrected chi connectivity index (χ4v) is 3.36. The summed E-state index contributed by atoms with van der Waals surface area (Å²) in [5, 5.41) is 2.91. The molecule has 0 aliphatic heterocycles. The molecule has 0 spiro atoms. The summed E-state index contributed by atoms with van der Waals surface area (Å²) in [5.74, 6) is 1.08. The molecule has 3 aromatic carbocycles. The number of amides is 2. The molecule has 0 saturated heterocycles. The summed E-state index contributed by atoms with van der Waals surface area (Å²) >= 11 is 0. The summed E-state index contributed by atoms with van der Waals surface area (Å²) in [6.07, 6.45) is 0.690. The van der Waals surface area contributed by atoms with E-state index in [9.17, 15) is 9.59 Å². The van der Waals surface area contributed by atoms with E-state index >= 15 is 0 Å². The first kappa shape index (κ1) is 23.8. The lowest BCUT2D eigenvalue weighted by atomic mass is 10.1. The number of nitrogens with one attached hydrogen (secondary N) is 1. The third kappa shape index (κ3) is 6.57. The Morgan fingerprint density at radius 3 is 2.06 bits per heavy atom. The van der Waals surface area contributed by atoms with Crippen LogP contribution in [0.15, 0.2) is 72.8 Å². The molecule has 0 unspecified atom stereocenters. The van der Waals surface area contributed by atoms with E-state index in [2.05, 4.69) is 5.32 Å². The lowest BCUT2D eigenvalue weighted by Gasteiger charge is -2.23. The molecule has 3 aromatic rings. The van der Waals surface area contributed by atoms with Gasteiger partial charge in [-0.3, -0.25) is 9.59 Å². The Morgan fingerprint density at radius 2 is 1.48 bits per heavy atom. The first-order valence-corrected chi connectivity index (χ1v) is 10.7. The lowest BCUT2D eigenvalue weighted by Crippen LogP contribution is -2.32. The van der Waals surface area contributed by atoms with Gasteiger partial charge >= 0.3 is 0 Å². The molecule has 0 aliphatic rings. The van der Waals surface area contributed by atoms with E-state index < -0.39 is 0 Å². The summed E-state index contributed by atoms with van der Waals surface area (Å²) in [5.41, 5.74) is 8.36. The highest BCUT2D eigenvalue weighted by atomic mass is 16.5. The van der Waals surface area contributed by atoms with Gasteiger partial charge < -0.3 is 25.4 Å². The van der Waals surface area contributed by atoms with Crippen molar-refractivity contribution in [2.75, 3.05) is 32.6 Å². The average molecular weight is 448 g/mol. The van der Waals surface area contributed by atoms with Gasteiger partial charge in [0, 0.05) is 29.9 Å². The third-order valence-corrected chi connectivity index (χ3v) is 5.17. The van der Waals surface area contributed by atoms with Crippen LogP contribution in [0, 0.1) is 0 Å². The van der Waals surface area contributed by atoms with Crippen molar-refractivity contribution in [1.29, 1.82) is 0 Å². The van der Waals surface area contributed by atoms with Gasteiger partial charge in [-0.2, -0.15) is 0 Å². The van der Waals surface area contributed by atoms with Crippen molar-refractivity contribution in [1.82, 2.24) is 4.90 Å². The molecule has 0 aliphatic carbocycles. The molecule has 33 heavy (non-hydrogen) atoms. The van der Waals surface area contributed by atoms with Crippen LogP contribution in [0.4, 0.5) is 5.69 Å². The van der Waals surface area contributed by atoms with Gasteiger partial charge in [0.25, 0.3) is 11.8 Å². The Morgan fingerprint density at radius 1 is 0.879 bits per heavy atom. The van der Waals surface area contributed by atoms with Gasteiger partial charge in [-0.1, -0.05) is 12.1 Å². The minimum Gasteiger partial charge on any atom is -0.497 e. The van der Waals surface area contributed by atoms with Crippen LogP contribution in [0.1, 0.15) is 32.7 Å². The Kier molecular flexibility index (Phi) is 8.43. The highest BCUT2D eigenvalue weighted by molar-refractivity contribution is 6.04. The lowest BCUT2D eigenvalue weighted by molar-refractivity contribution is 0.0742. The summed E-state index contributed by atoms with van der Waals surface area (Å²) in [6.45, 7) is 1.42. The first-order valence-electron chi connectivity index (χ1n) is 10.7. The summed E-state index contributed by atoms with van der Waals surface area (Å²) in [4.78, 5) is 27.5. The monoisotopic (exact) mass is 447 g/mol. The maximum atomic E-state index is 13.1. The van der Waals surface area contributed by atoms with E-state index in [4.69, 9.17) is 15.2 Å². The number of carbonyl (C=O) groups excluding carboxylic acids is 2. The topological polar surface area (TPSA) is 93.9 Å². The Labute approximate surface area is 194 Å². The zero-order valence-electron chi connectivity index (χ0n) is 18.9. The third-order valence-electron chi connectivity index (χ3n) is 5.17. The number of ether oxygens (including phenoxy) is 2. The molecule has 0 radical (unpaired) electrons. The second kappa shape index (κ2) is 11.7. The Hall–Kier alpha value is -3.84. The van der Waals surface area contributed by atoms with E-state index in [-0.39, 0.29) is 11.8 Å². The van der Waals surface area contributed by atoms with Gasteiger partial charge in [-0.15, -0.1) is 0 Å². The predicted molar refractivity (Wildman–Crippen MR) is 129 cm³/mol. The molecule has 0 saturated carbocycles. The van der Waals surface area contributed by atoms with E-state index in [1.807, 2.05) is 24.3 Å². The van der Waals surface area contributed by atoms with Crippen molar-refractivity contribution >= 4 is 17.5 Å². The number of nitrogens with two attached hydrogens (primary N) is 1. The van der Waals surface area contributed by atoms with Crippen LogP contribution in [-0.2, 0) is 6.54 Å². The minimum atomic E-state index is -0.218. The average Bonchev–Trinajstić information content (AvgIpc) is 2.86. The molecule has 7 nitrogen and oxygen atoms in total. The Balaban J connectivity index is 1.72. The van der Waals surface area contributed by atoms with Crippen LogP contribution < -0.4 is 20.5 Å². The van der Waals surface area contributed by atoms with Gasteiger partial charge in [0.1, 0.15) is 11.5 Å². The number of hydrogen-bond donors (Lipinski definition) is 2. The number of nitrogens with zero attached hydrogens (tertiary/aromatic N) is 1.